The van der Waals surface area contributed by atoms with E-state index in [0.29, 0.717) is 16.4 Å². The van der Waals surface area contributed by atoms with Crippen LogP contribution in [0.1, 0.15) is 10.4 Å². The highest BCUT2D eigenvalue weighted by Crippen LogP contribution is 2.19. The molecule has 1 aromatic heterocycles. The van der Waals surface area contributed by atoms with E-state index in [0.717, 1.165) is 4.90 Å². The Hall–Kier alpha value is -2.25. The summed E-state index contributed by atoms with van der Waals surface area (Å²) in [4.78, 5) is 30.8. The lowest BCUT2D eigenvalue weighted by Crippen LogP contribution is -2.43. The molecule has 0 saturated carbocycles. The summed E-state index contributed by atoms with van der Waals surface area (Å²) < 4.78 is 0. The first kappa shape index (κ1) is 18.1. The number of hydrazine groups is 1. The van der Waals surface area contributed by atoms with Gasteiger partial charge in [-0.2, -0.15) is 0 Å². The molecule has 0 aliphatic carbocycles. The lowest BCUT2D eigenvalue weighted by Gasteiger charge is -2.15. The van der Waals surface area contributed by atoms with Crippen LogP contribution >= 0.6 is 23.4 Å². The van der Waals surface area contributed by atoms with E-state index < -0.39 is 5.91 Å². The average Bonchev–Trinajstić information content (AvgIpc) is 2.59. The molecular formula is C16H17ClN4O2S. The maximum atomic E-state index is 12.2. The normalized spacial score (nSPS) is 10.1. The molecule has 2 aromatic rings. The minimum atomic E-state index is -0.420. The first-order valence-corrected chi connectivity index (χ1v) is 8.43. The molecule has 0 atom stereocenters. The van der Waals surface area contributed by atoms with Crippen LogP contribution in [-0.2, 0) is 4.79 Å². The summed E-state index contributed by atoms with van der Waals surface area (Å²) >= 11 is 7.16. The van der Waals surface area contributed by atoms with Crippen molar-refractivity contribution in [3.63, 3.8) is 0 Å². The summed E-state index contributed by atoms with van der Waals surface area (Å²) in [5, 5.41) is 0.643. The molecule has 8 heteroatoms. The van der Waals surface area contributed by atoms with Gasteiger partial charge in [-0.1, -0.05) is 11.6 Å². The van der Waals surface area contributed by atoms with Gasteiger partial charge in [0.1, 0.15) is 5.82 Å². The lowest BCUT2D eigenvalue weighted by molar-refractivity contribution is -0.119. The Morgan fingerprint density at radius 2 is 1.88 bits per heavy atom. The van der Waals surface area contributed by atoms with Gasteiger partial charge < -0.3 is 4.90 Å². The number of thioether (sulfide) groups is 1. The minimum absolute atomic E-state index is 0.176. The van der Waals surface area contributed by atoms with E-state index in [2.05, 4.69) is 15.8 Å². The number of nitrogens with one attached hydrogen (secondary N) is 2. The van der Waals surface area contributed by atoms with Gasteiger partial charge in [-0.05, 0) is 36.4 Å². The van der Waals surface area contributed by atoms with Crippen LogP contribution in [0.15, 0.2) is 47.5 Å². The minimum Gasteiger partial charge on any atom is -0.362 e. The molecule has 2 amide bonds. The molecule has 0 fully saturated rings. The van der Waals surface area contributed by atoms with Crippen molar-refractivity contribution in [1.29, 1.82) is 0 Å². The number of pyridine rings is 1. The van der Waals surface area contributed by atoms with Crippen LogP contribution in [0.25, 0.3) is 0 Å². The van der Waals surface area contributed by atoms with Crippen molar-refractivity contribution in [2.45, 2.75) is 4.90 Å². The largest absolute Gasteiger partial charge is 0.362 e. The molecule has 126 valence electrons. The maximum Gasteiger partial charge on any atom is 0.273 e. The molecule has 0 radical (unpaired) electrons. The number of aromatic nitrogens is 1. The van der Waals surface area contributed by atoms with Gasteiger partial charge in [-0.25, -0.2) is 4.98 Å². The molecule has 1 aromatic carbocycles. The van der Waals surface area contributed by atoms with Crippen LogP contribution in [0, 0.1) is 0 Å². The zero-order chi connectivity index (χ0) is 17.5. The van der Waals surface area contributed by atoms with Gasteiger partial charge in [0.05, 0.1) is 11.3 Å². The van der Waals surface area contributed by atoms with E-state index in [1.165, 1.54) is 11.8 Å². The van der Waals surface area contributed by atoms with Crippen molar-refractivity contribution < 1.29 is 9.59 Å². The van der Waals surface area contributed by atoms with Crippen molar-refractivity contribution in [1.82, 2.24) is 15.8 Å². The van der Waals surface area contributed by atoms with E-state index in [1.807, 2.05) is 12.1 Å². The number of rotatable bonds is 5. The zero-order valence-corrected chi connectivity index (χ0v) is 14.8. The SMILES string of the molecule is CN(C)c1ncccc1C(=O)NNC(=O)CSc1ccc(Cl)cc1. The molecule has 2 N–H and O–H groups in total. The Morgan fingerprint density at radius 3 is 2.54 bits per heavy atom. The predicted octanol–water partition coefficient (Wildman–Crippen LogP) is 2.35. The molecular weight excluding hydrogens is 348 g/mol. The summed E-state index contributed by atoms with van der Waals surface area (Å²) in [5.74, 6) is -0.0230. The van der Waals surface area contributed by atoms with E-state index >= 15 is 0 Å². The van der Waals surface area contributed by atoms with Gasteiger partial charge in [0.25, 0.3) is 5.91 Å². The Morgan fingerprint density at radius 1 is 1.17 bits per heavy atom. The monoisotopic (exact) mass is 364 g/mol. The average molecular weight is 365 g/mol. The second kappa shape index (κ2) is 8.56. The highest BCUT2D eigenvalue weighted by atomic mass is 35.5. The van der Waals surface area contributed by atoms with Crippen LogP contribution in [0.2, 0.25) is 5.02 Å². The third-order valence-corrected chi connectivity index (χ3v) is 4.22. The summed E-state index contributed by atoms with van der Waals surface area (Å²) in [5.41, 5.74) is 5.18. The zero-order valence-electron chi connectivity index (χ0n) is 13.2. The van der Waals surface area contributed by atoms with Crippen molar-refractivity contribution >= 4 is 41.0 Å². The van der Waals surface area contributed by atoms with Gasteiger partial charge in [-0.15, -0.1) is 11.8 Å². The highest BCUT2D eigenvalue weighted by Gasteiger charge is 2.14. The predicted molar refractivity (Wildman–Crippen MR) is 96.3 cm³/mol. The fourth-order valence-corrected chi connectivity index (χ4v) is 2.66. The van der Waals surface area contributed by atoms with Crippen molar-refractivity contribution in [2.75, 3.05) is 24.7 Å². The van der Waals surface area contributed by atoms with Crippen LogP contribution in [0.3, 0.4) is 0 Å². The molecule has 0 aliphatic rings. The van der Waals surface area contributed by atoms with E-state index in [-0.39, 0.29) is 11.7 Å². The highest BCUT2D eigenvalue weighted by molar-refractivity contribution is 8.00. The first-order chi connectivity index (χ1) is 11.5. The van der Waals surface area contributed by atoms with Gasteiger partial charge in [-0.3, -0.25) is 20.4 Å². The molecule has 0 aliphatic heterocycles. The number of hydrogen-bond acceptors (Lipinski definition) is 5. The fourth-order valence-electron chi connectivity index (χ4n) is 1.84. The quantitative estimate of drug-likeness (QED) is 0.629. The second-order valence-corrected chi connectivity index (χ2v) is 6.50. The Bertz CT molecular complexity index is 722. The van der Waals surface area contributed by atoms with E-state index in [9.17, 15) is 9.59 Å². The van der Waals surface area contributed by atoms with Crippen molar-refractivity contribution in [3.8, 4) is 0 Å². The number of anilines is 1. The van der Waals surface area contributed by atoms with Gasteiger partial charge in [0, 0.05) is 30.2 Å². The number of halogens is 1. The summed E-state index contributed by atoms with van der Waals surface area (Å²) in [6.45, 7) is 0. The van der Waals surface area contributed by atoms with Crippen molar-refractivity contribution in [2.24, 2.45) is 0 Å². The standard InChI is InChI=1S/C16H17ClN4O2S/c1-21(2)15-13(4-3-9-18-15)16(23)20-19-14(22)10-24-12-7-5-11(17)6-8-12/h3-9H,10H2,1-2H3,(H,19,22)(H,20,23). The van der Waals surface area contributed by atoms with Gasteiger partial charge in [0.2, 0.25) is 5.91 Å². The molecule has 0 saturated heterocycles. The van der Waals surface area contributed by atoms with Crippen LogP contribution in [0.5, 0.6) is 0 Å². The third kappa shape index (κ3) is 5.14. The smallest absolute Gasteiger partial charge is 0.273 e. The number of amides is 2. The topological polar surface area (TPSA) is 74.3 Å². The molecule has 6 nitrogen and oxygen atoms in total. The fraction of sp³-hybridized carbons (Fsp3) is 0.188. The second-order valence-electron chi connectivity index (χ2n) is 5.01. The molecule has 2 rings (SSSR count). The molecule has 24 heavy (non-hydrogen) atoms. The van der Waals surface area contributed by atoms with E-state index in [4.69, 9.17) is 11.6 Å². The van der Waals surface area contributed by atoms with Crippen LogP contribution in [-0.4, -0.2) is 36.6 Å². The molecule has 1 heterocycles. The summed E-state index contributed by atoms with van der Waals surface area (Å²) in [7, 11) is 3.58. The molecule has 0 spiro atoms. The number of carbonyl (C=O) groups is 2. The Kier molecular flexibility index (Phi) is 6.45. The van der Waals surface area contributed by atoms with Crippen molar-refractivity contribution in [3.05, 3.63) is 53.2 Å². The number of benzene rings is 1. The molecule has 0 bridgehead atoms. The van der Waals surface area contributed by atoms with E-state index in [1.54, 1.807) is 49.5 Å². The maximum absolute atomic E-state index is 12.2. The van der Waals surface area contributed by atoms with Crippen LogP contribution < -0.4 is 15.8 Å². The van der Waals surface area contributed by atoms with Gasteiger partial charge >= 0.3 is 0 Å². The Balaban J connectivity index is 1.85. The first-order valence-electron chi connectivity index (χ1n) is 7.07. The lowest BCUT2D eigenvalue weighted by atomic mass is 10.2. The Labute approximate surface area is 149 Å². The van der Waals surface area contributed by atoms with Gasteiger partial charge in [0.15, 0.2) is 0 Å². The number of carbonyl (C=O) groups excluding carboxylic acids is 2. The summed E-state index contributed by atoms with van der Waals surface area (Å²) in [6, 6.07) is 10.5. The summed E-state index contributed by atoms with van der Waals surface area (Å²) in [6.07, 6.45) is 1.60. The number of nitrogens with zero attached hydrogens (tertiary/aromatic N) is 2. The molecule has 0 unspecified atom stereocenters. The number of hydrogen-bond donors (Lipinski definition) is 2. The third-order valence-electron chi connectivity index (χ3n) is 2.95. The van der Waals surface area contributed by atoms with Crippen LogP contribution in [0.4, 0.5) is 5.82 Å².